The first-order valence-corrected chi connectivity index (χ1v) is 6.71. The molecular formula is C16H16ClNO2. The van der Waals surface area contributed by atoms with E-state index < -0.39 is 6.10 Å². The van der Waals surface area contributed by atoms with Crippen LogP contribution in [0.25, 0.3) is 0 Å². The van der Waals surface area contributed by atoms with Gasteiger partial charge in [-0.3, -0.25) is 4.79 Å². The summed E-state index contributed by atoms with van der Waals surface area (Å²) in [5.74, 6) is -0.215. The van der Waals surface area contributed by atoms with Gasteiger partial charge in [0, 0.05) is 21.8 Å². The zero-order valence-electron chi connectivity index (χ0n) is 11.4. The molecule has 20 heavy (non-hydrogen) atoms. The van der Waals surface area contributed by atoms with E-state index in [2.05, 4.69) is 5.32 Å². The molecular weight excluding hydrogens is 274 g/mol. The molecule has 1 atom stereocenters. The van der Waals surface area contributed by atoms with Crippen LogP contribution in [0.15, 0.2) is 42.5 Å². The lowest BCUT2D eigenvalue weighted by Gasteiger charge is -2.13. The van der Waals surface area contributed by atoms with Crippen molar-refractivity contribution in [2.45, 2.75) is 20.0 Å². The Morgan fingerprint density at radius 2 is 1.95 bits per heavy atom. The summed E-state index contributed by atoms with van der Waals surface area (Å²) in [7, 11) is 0. The number of para-hydroxylation sites is 1. The summed E-state index contributed by atoms with van der Waals surface area (Å²) in [4.78, 5) is 12.3. The van der Waals surface area contributed by atoms with Crippen molar-refractivity contribution in [1.82, 2.24) is 0 Å². The van der Waals surface area contributed by atoms with Gasteiger partial charge in [-0.15, -0.1) is 0 Å². The Bertz CT molecular complexity index is 638. The molecule has 4 heteroatoms. The molecule has 0 saturated heterocycles. The lowest BCUT2D eigenvalue weighted by Crippen LogP contribution is -2.15. The monoisotopic (exact) mass is 289 g/mol. The van der Waals surface area contributed by atoms with Gasteiger partial charge in [0.2, 0.25) is 0 Å². The van der Waals surface area contributed by atoms with Gasteiger partial charge in [0.05, 0.1) is 6.10 Å². The number of benzene rings is 2. The Morgan fingerprint density at radius 3 is 2.60 bits per heavy atom. The first-order valence-electron chi connectivity index (χ1n) is 6.33. The number of aliphatic hydroxyl groups excluding tert-OH is 1. The largest absolute Gasteiger partial charge is 0.389 e. The van der Waals surface area contributed by atoms with Crippen molar-refractivity contribution < 1.29 is 9.90 Å². The minimum absolute atomic E-state index is 0.215. The Balaban J connectivity index is 2.28. The molecule has 3 nitrogen and oxygen atoms in total. The first-order chi connectivity index (χ1) is 9.49. The van der Waals surface area contributed by atoms with Crippen LogP contribution in [0.3, 0.4) is 0 Å². The molecule has 0 aliphatic rings. The van der Waals surface area contributed by atoms with Crippen molar-refractivity contribution in [3.63, 3.8) is 0 Å². The van der Waals surface area contributed by atoms with Crippen LogP contribution in [0.1, 0.15) is 34.5 Å². The number of nitrogens with one attached hydrogen (secondary N) is 1. The van der Waals surface area contributed by atoms with E-state index in [9.17, 15) is 9.90 Å². The van der Waals surface area contributed by atoms with Crippen molar-refractivity contribution in [2.75, 3.05) is 5.32 Å². The SMILES string of the molecule is Cc1cc(Cl)ccc1C(=O)Nc1ccccc1C(C)O. The molecule has 0 aliphatic carbocycles. The predicted molar refractivity (Wildman–Crippen MR) is 81.2 cm³/mol. The Morgan fingerprint density at radius 1 is 1.25 bits per heavy atom. The third-order valence-corrected chi connectivity index (χ3v) is 3.33. The third-order valence-electron chi connectivity index (χ3n) is 3.09. The zero-order valence-corrected chi connectivity index (χ0v) is 12.1. The molecule has 104 valence electrons. The fourth-order valence-electron chi connectivity index (χ4n) is 2.05. The van der Waals surface area contributed by atoms with E-state index in [1.807, 2.05) is 19.1 Å². The van der Waals surface area contributed by atoms with Crippen LogP contribution in [0.4, 0.5) is 5.69 Å². The standard InChI is InChI=1S/C16H16ClNO2/c1-10-9-12(17)7-8-13(10)16(20)18-15-6-4-3-5-14(15)11(2)19/h3-9,11,19H,1-2H3,(H,18,20). The van der Waals surface area contributed by atoms with Crippen LogP contribution >= 0.6 is 11.6 Å². The first kappa shape index (κ1) is 14.6. The summed E-state index contributed by atoms with van der Waals surface area (Å²) in [6, 6.07) is 12.3. The molecule has 0 saturated carbocycles. The number of aliphatic hydroxyl groups is 1. The molecule has 1 unspecified atom stereocenters. The van der Waals surface area contributed by atoms with Crippen LogP contribution in [-0.2, 0) is 0 Å². The average molecular weight is 290 g/mol. The Kier molecular flexibility index (Phi) is 4.42. The highest BCUT2D eigenvalue weighted by Crippen LogP contribution is 2.23. The Hall–Kier alpha value is -1.84. The number of carbonyl (C=O) groups excluding carboxylic acids is 1. The second kappa shape index (κ2) is 6.07. The number of hydrogen-bond acceptors (Lipinski definition) is 2. The van der Waals surface area contributed by atoms with Crippen molar-refractivity contribution in [3.8, 4) is 0 Å². The maximum absolute atomic E-state index is 12.3. The fraction of sp³-hybridized carbons (Fsp3) is 0.188. The third kappa shape index (κ3) is 3.18. The molecule has 1 amide bonds. The summed E-state index contributed by atoms with van der Waals surface area (Å²) >= 11 is 5.88. The van der Waals surface area contributed by atoms with Gasteiger partial charge < -0.3 is 10.4 Å². The van der Waals surface area contributed by atoms with Gasteiger partial charge in [0.1, 0.15) is 0 Å². The second-order valence-corrected chi connectivity index (χ2v) is 5.11. The molecule has 0 aromatic heterocycles. The summed E-state index contributed by atoms with van der Waals surface area (Å²) in [6.07, 6.45) is -0.641. The minimum Gasteiger partial charge on any atom is -0.389 e. The second-order valence-electron chi connectivity index (χ2n) is 4.68. The van der Waals surface area contributed by atoms with Crippen LogP contribution in [0.5, 0.6) is 0 Å². The zero-order chi connectivity index (χ0) is 14.7. The highest BCUT2D eigenvalue weighted by atomic mass is 35.5. The van der Waals surface area contributed by atoms with E-state index in [-0.39, 0.29) is 5.91 Å². The van der Waals surface area contributed by atoms with Gasteiger partial charge in [0.25, 0.3) is 5.91 Å². The van der Waals surface area contributed by atoms with Gasteiger partial charge in [-0.05, 0) is 43.7 Å². The van der Waals surface area contributed by atoms with E-state index in [0.29, 0.717) is 21.8 Å². The van der Waals surface area contributed by atoms with Crippen molar-refractivity contribution in [1.29, 1.82) is 0 Å². The number of halogens is 1. The van der Waals surface area contributed by atoms with Crippen LogP contribution in [-0.4, -0.2) is 11.0 Å². The maximum Gasteiger partial charge on any atom is 0.255 e. The predicted octanol–water partition coefficient (Wildman–Crippen LogP) is 3.95. The molecule has 0 spiro atoms. The van der Waals surface area contributed by atoms with Crippen LogP contribution < -0.4 is 5.32 Å². The van der Waals surface area contributed by atoms with E-state index in [0.717, 1.165) is 5.56 Å². The molecule has 2 rings (SSSR count). The van der Waals surface area contributed by atoms with Crippen LogP contribution in [0, 0.1) is 6.92 Å². The number of hydrogen-bond donors (Lipinski definition) is 2. The summed E-state index contributed by atoms with van der Waals surface area (Å²) in [5, 5.41) is 13.1. The van der Waals surface area contributed by atoms with E-state index in [1.165, 1.54) is 0 Å². The fourth-order valence-corrected chi connectivity index (χ4v) is 2.27. The van der Waals surface area contributed by atoms with Crippen LogP contribution in [0.2, 0.25) is 5.02 Å². The van der Waals surface area contributed by atoms with Gasteiger partial charge in [-0.25, -0.2) is 0 Å². The van der Waals surface area contributed by atoms with E-state index >= 15 is 0 Å². The average Bonchev–Trinajstić information content (AvgIpc) is 2.38. The molecule has 0 aliphatic heterocycles. The highest BCUT2D eigenvalue weighted by molar-refractivity contribution is 6.30. The summed E-state index contributed by atoms with van der Waals surface area (Å²) in [5.41, 5.74) is 2.67. The van der Waals surface area contributed by atoms with E-state index in [1.54, 1.807) is 37.3 Å². The number of aryl methyl sites for hydroxylation is 1. The number of amides is 1. The number of rotatable bonds is 3. The minimum atomic E-state index is -0.641. The van der Waals surface area contributed by atoms with Crippen molar-refractivity contribution in [3.05, 3.63) is 64.2 Å². The molecule has 2 N–H and O–H groups in total. The molecule has 0 heterocycles. The molecule has 0 fully saturated rings. The van der Waals surface area contributed by atoms with Crippen molar-refractivity contribution >= 4 is 23.2 Å². The lowest BCUT2D eigenvalue weighted by molar-refractivity contribution is 0.102. The van der Waals surface area contributed by atoms with E-state index in [4.69, 9.17) is 11.6 Å². The van der Waals surface area contributed by atoms with Gasteiger partial charge in [-0.2, -0.15) is 0 Å². The van der Waals surface area contributed by atoms with Gasteiger partial charge in [0.15, 0.2) is 0 Å². The maximum atomic E-state index is 12.3. The molecule has 2 aromatic carbocycles. The van der Waals surface area contributed by atoms with Gasteiger partial charge in [-0.1, -0.05) is 29.8 Å². The van der Waals surface area contributed by atoms with Crippen molar-refractivity contribution in [2.24, 2.45) is 0 Å². The highest BCUT2D eigenvalue weighted by Gasteiger charge is 2.13. The quantitative estimate of drug-likeness (QED) is 0.899. The normalized spacial score (nSPS) is 12.0. The smallest absolute Gasteiger partial charge is 0.255 e. The van der Waals surface area contributed by atoms with Gasteiger partial charge >= 0.3 is 0 Å². The Labute approximate surface area is 123 Å². The molecule has 0 radical (unpaired) electrons. The molecule has 0 bridgehead atoms. The lowest BCUT2D eigenvalue weighted by atomic mass is 10.1. The summed E-state index contributed by atoms with van der Waals surface area (Å²) < 4.78 is 0. The number of anilines is 1. The molecule has 2 aromatic rings. The topological polar surface area (TPSA) is 49.3 Å². The summed E-state index contributed by atoms with van der Waals surface area (Å²) in [6.45, 7) is 3.50. The number of carbonyl (C=O) groups is 1.